The second kappa shape index (κ2) is 10.7. The number of hydrogen-bond donors (Lipinski definition) is 2. The molecule has 2 N–H and O–H groups in total. The minimum atomic E-state index is -6.12. The summed E-state index contributed by atoms with van der Waals surface area (Å²) in [7, 11) is 0. The van der Waals surface area contributed by atoms with Gasteiger partial charge in [-0.15, -0.1) is 0 Å². The number of ether oxygens (including phenoxy) is 3. The molecule has 0 aliphatic heterocycles. The summed E-state index contributed by atoms with van der Waals surface area (Å²) >= 11 is 0. The highest BCUT2D eigenvalue weighted by atomic mass is 19.4. The topological polar surface area (TPSA) is 85.2 Å². The average molecular weight is 553 g/mol. The molecule has 1 unspecified atom stereocenters. The van der Waals surface area contributed by atoms with E-state index in [4.69, 9.17) is 14.2 Å². The average Bonchev–Trinajstić information content (AvgIpc) is 2.58. The summed E-state index contributed by atoms with van der Waals surface area (Å²) in [5, 5.41) is 20.5. The molecule has 0 fully saturated rings. The number of esters is 1. The number of alkyl halides is 6. The van der Waals surface area contributed by atoms with Gasteiger partial charge in [-0.2, -0.15) is 26.3 Å². The normalized spacial score (nSPS) is 16.0. The van der Waals surface area contributed by atoms with Gasteiger partial charge in [-0.05, 0) is 82.6 Å². The van der Waals surface area contributed by atoms with Gasteiger partial charge in [0, 0.05) is 11.5 Å². The number of carbonyl (C=O) groups is 1. The lowest BCUT2D eigenvalue weighted by Gasteiger charge is -2.50. The Hall–Kier alpha value is -1.37. The number of hydrogen-bond acceptors (Lipinski definition) is 6. The first-order valence-corrected chi connectivity index (χ1v) is 11.7. The summed E-state index contributed by atoms with van der Waals surface area (Å²) in [6, 6.07) is 0. The monoisotopic (exact) mass is 552 g/mol. The Bertz CT molecular complexity index is 805. The quantitative estimate of drug-likeness (QED) is 0.179. The standard InChI is InChI=1S/C25H42F6O6/c1-15(2)17(32)35-14-16(13-18(3,4)36-21(9,10)20(7,8)33)19(5,6)37-22(11,12)23(34,24(26,27)28)25(29,30)31/h16,33-34H,1,13-14H2,2-12H3. The molecule has 0 saturated heterocycles. The van der Waals surface area contributed by atoms with Gasteiger partial charge in [0.2, 0.25) is 0 Å². The van der Waals surface area contributed by atoms with E-state index in [0.29, 0.717) is 13.8 Å². The molecule has 0 aliphatic carbocycles. The van der Waals surface area contributed by atoms with E-state index in [1.54, 1.807) is 27.7 Å². The minimum absolute atomic E-state index is 0.0278. The maximum absolute atomic E-state index is 13.6. The van der Waals surface area contributed by atoms with Crippen molar-refractivity contribution in [1.82, 2.24) is 0 Å². The first kappa shape index (κ1) is 35.6. The lowest BCUT2D eigenvalue weighted by molar-refractivity contribution is -0.421. The van der Waals surface area contributed by atoms with Crippen LogP contribution in [-0.2, 0) is 19.0 Å². The summed E-state index contributed by atoms with van der Waals surface area (Å²) in [4.78, 5) is 12.0. The van der Waals surface area contributed by atoms with Crippen LogP contribution in [-0.4, -0.2) is 68.7 Å². The molecule has 0 rings (SSSR count). The van der Waals surface area contributed by atoms with Crippen LogP contribution < -0.4 is 0 Å². The van der Waals surface area contributed by atoms with Gasteiger partial charge in [0.15, 0.2) is 0 Å². The van der Waals surface area contributed by atoms with Gasteiger partial charge >= 0.3 is 18.3 Å². The third-order valence-electron chi connectivity index (χ3n) is 6.70. The van der Waals surface area contributed by atoms with Crippen molar-refractivity contribution >= 4 is 5.97 Å². The Morgan fingerprint density at radius 2 is 1.19 bits per heavy atom. The van der Waals surface area contributed by atoms with Crippen molar-refractivity contribution < 1.29 is 55.6 Å². The molecule has 0 radical (unpaired) electrons. The van der Waals surface area contributed by atoms with Gasteiger partial charge in [0.1, 0.15) is 5.60 Å². The van der Waals surface area contributed by atoms with Crippen molar-refractivity contribution in [3.05, 3.63) is 12.2 Å². The van der Waals surface area contributed by atoms with E-state index in [1.165, 1.54) is 34.6 Å². The van der Waals surface area contributed by atoms with Crippen molar-refractivity contribution in [2.75, 3.05) is 6.61 Å². The van der Waals surface area contributed by atoms with Gasteiger partial charge in [-0.25, -0.2) is 4.79 Å². The van der Waals surface area contributed by atoms with Crippen LogP contribution in [0.2, 0.25) is 0 Å². The highest BCUT2D eigenvalue weighted by Crippen LogP contribution is 2.52. The first-order valence-electron chi connectivity index (χ1n) is 11.7. The molecule has 37 heavy (non-hydrogen) atoms. The Labute approximate surface area is 215 Å². The van der Waals surface area contributed by atoms with Crippen LogP contribution in [0.15, 0.2) is 12.2 Å². The van der Waals surface area contributed by atoms with Gasteiger partial charge in [0.05, 0.1) is 29.0 Å². The zero-order chi connectivity index (χ0) is 30.3. The zero-order valence-corrected chi connectivity index (χ0v) is 23.5. The summed E-state index contributed by atoms with van der Waals surface area (Å²) in [6.45, 7) is 17.3. The molecule has 0 bridgehead atoms. The highest BCUT2D eigenvalue weighted by Gasteiger charge is 2.78. The van der Waals surface area contributed by atoms with E-state index in [9.17, 15) is 41.4 Å². The maximum Gasteiger partial charge on any atom is 0.429 e. The molecule has 1 atom stereocenters. The largest absolute Gasteiger partial charge is 0.462 e. The van der Waals surface area contributed by atoms with Crippen LogP contribution >= 0.6 is 0 Å². The van der Waals surface area contributed by atoms with Crippen molar-refractivity contribution in [2.24, 2.45) is 5.92 Å². The van der Waals surface area contributed by atoms with Crippen LogP contribution in [0.1, 0.15) is 82.6 Å². The van der Waals surface area contributed by atoms with Gasteiger partial charge in [-0.1, -0.05) is 6.58 Å². The number of carbonyl (C=O) groups excluding carboxylic acids is 1. The predicted molar refractivity (Wildman–Crippen MR) is 126 cm³/mol. The van der Waals surface area contributed by atoms with E-state index in [0.717, 1.165) is 0 Å². The molecule has 0 aliphatic rings. The molecule has 0 saturated carbocycles. The van der Waals surface area contributed by atoms with Gasteiger partial charge in [-0.3, -0.25) is 0 Å². The van der Waals surface area contributed by atoms with Crippen molar-refractivity contribution in [3.63, 3.8) is 0 Å². The third-order valence-corrected chi connectivity index (χ3v) is 6.70. The molecule has 0 aromatic carbocycles. The van der Waals surface area contributed by atoms with Crippen molar-refractivity contribution in [2.45, 2.75) is 129 Å². The van der Waals surface area contributed by atoms with Crippen molar-refractivity contribution in [3.8, 4) is 0 Å². The Morgan fingerprint density at radius 3 is 1.51 bits per heavy atom. The molecule has 0 aromatic heterocycles. The number of halogens is 6. The lowest BCUT2D eigenvalue weighted by atomic mass is 9.78. The fourth-order valence-electron chi connectivity index (χ4n) is 3.91. The summed E-state index contributed by atoms with van der Waals surface area (Å²) in [6.07, 6.45) is -12.3. The van der Waals surface area contributed by atoms with Crippen LogP contribution in [0.3, 0.4) is 0 Å². The maximum atomic E-state index is 13.6. The summed E-state index contributed by atoms with van der Waals surface area (Å²) in [5.74, 6) is -1.86. The second-order valence-corrected chi connectivity index (χ2v) is 12.1. The van der Waals surface area contributed by atoms with Crippen LogP contribution in [0.25, 0.3) is 0 Å². The first-order chi connectivity index (χ1) is 15.8. The molecule has 220 valence electrons. The van der Waals surface area contributed by atoms with Crippen LogP contribution in [0.5, 0.6) is 0 Å². The summed E-state index contributed by atoms with van der Waals surface area (Å²) < 4.78 is 98.4. The molecule has 0 amide bonds. The molecular weight excluding hydrogens is 510 g/mol. The Morgan fingerprint density at radius 1 is 0.784 bits per heavy atom. The molecular formula is C25H42F6O6. The van der Waals surface area contributed by atoms with Crippen LogP contribution in [0, 0.1) is 5.92 Å². The third kappa shape index (κ3) is 8.31. The highest BCUT2D eigenvalue weighted by molar-refractivity contribution is 5.86. The van der Waals surface area contributed by atoms with E-state index >= 15 is 0 Å². The molecule has 0 spiro atoms. The molecule has 0 aromatic rings. The summed E-state index contributed by atoms with van der Waals surface area (Å²) in [5.41, 5.74) is -13.8. The molecule has 0 heterocycles. The predicted octanol–water partition coefficient (Wildman–Crippen LogP) is 5.89. The molecule has 12 heteroatoms. The fourth-order valence-corrected chi connectivity index (χ4v) is 3.91. The Kier molecular flexibility index (Phi) is 10.3. The van der Waals surface area contributed by atoms with Gasteiger partial charge in [0.25, 0.3) is 5.60 Å². The lowest BCUT2D eigenvalue weighted by Crippen LogP contribution is -2.71. The molecule has 6 nitrogen and oxygen atoms in total. The van der Waals surface area contributed by atoms with Crippen molar-refractivity contribution in [1.29, 1.82) is 0 Å². The van der Waals surface area contributed by atoms with Crippen LogP contribution in [0.4, 0.5) is 26.3 Å². The van der Waals surface area contributed by atoms with E-state index in [1.807, 2.05) is 0 Å². The minimum Gasteiger partial charge on any atom is -0.462 e. The number of rotatable bonds is 12. The van der Waals surface area contributed by atoms with E-state index in [2.05, 4.69) is 6.58 Å². The second-order valence-electron chi connectivity index (χ2n) is 12.1. The fraction of sp³-hybridized carbons (Fsp3) is 0.880. The zero-order valence-electron chi connectivity index (χ0n) is 23.5. The van der Waals surface area contributed by atoms with Gasteiger partial charge < -0.3 is 24.4 Å². The van der Waals surface area contributed by atoms with E-state index < -0.39 is 64.5 Å². The Balaban J connectivity index is 6.48. The SMILES string of the molecule is C=C(C)C(=O)OCC(CC(C)(C)OC(C)(C)C(C)(C)O)C(C)(C)OC(C)(C)C(O)(C(F)(F)F)C(F)(F)F. The smallest absolute Gasteiger partial charge is 0.429 e. The number of aliphatic hydroxyl groups is 2. The van der Waals surface area contributed by atoms with E-state index in [-0.39, 0.29) is 12.0 Å².